The van der Waals surface area contributed by atoms with Gasteiger partial charge < -0.3 is 20.1 Å². The number of nitrogens with one attached hydrogen (secondary N) is 2. The third-order valence-corrected chi connectivity index (χ3v) is 3.81. The van der Waals surface area contributed by atoms with Crippen molar-refractivity contribution in [2.75, 3.05) is 23.8 Å². The highest BCUT2D eigenvalue weighted by Gasteiger charge is 2.13. The topological polar surface area (TPSA) is 89.6 Å². The van der Waals surface area contributed by atoms with E-state index in [1.54, 1.807) is 23.6 Å². The third-order valence-electron chi connectivity index (χ3n) is 3.00. The molecule has 23 heavy (non-hydrogen) atoms. The Bertz CT molecular complexity index is 744. The maximum absolute atomic E-state index is 12.1. The summed E-state index contributed by atoms with van der Waals surface area (Å²) in [5, 5.41) is 7.61. The molecule has 1 aromatic carbocycles. The molecule has 0 bridgehead atoms. The maximum Gasteiger partial charge on any atom is 0.230 e. The predicted molar refractivity (Wildman–Crippen MR) is 86.2 cm³/mol. The highest BCUT2D eigenvalue weighted by Crippen LogP contribution is 2.32. The van der Waals surface area contributed by atoms with Gasteiger partial charge in [-0.1, -0.05) is 0 Å². The number of benzene rings is 1. The second-order valence-corrected chi connectivity index (χ2v) is 5.77. The molecule has 0 atom stereocenters. The fourth-order valence-corrected chi connectivity index (χ4v) is 2.84. The number of hydrogen-bond acceptors (Lipinski definition) is 6. The van der Waals surface area contributed by atoms with E-state index in [9.17, 15) is 9.59 Å². The lowest BCUT2D eigenvalue weighted by Gasteiger charge is -2.18. The molecule has 0 spiro atoms. The van der Waals surface area contributed by atoms with Gasteiger partial charge in [-0.25, -0.2) is 4.98 Å². The van der Waals surface area contributed by atoms with E-state index in [1.165, 1.54) is 18.3 Å². The molecular formula is C15H15N3O4S. The van der Waals surface area contributed by atoms with Crippen LogP contribution in [-0.4, -0.2) is 30.0 Å². The zero-order valence-electron chi connectivity index (χ0n) is 12.4. The van der Waals surface area contributed by atoms with Crippen molar-refractivity contribution in [1.29, 1.82) is 0 Å². The summed E-state index contributed by atoms with van der Waals surface area (Å²) < 4.78 is 10.9. The number of carbonyl (C=O) groups is 2. The number of nitrogens with zero attached hydrogens (tertiary/aromatic N) is 1. The molecule has 7 nitrogen and oxygen atoms in total. The molecule has 0 aliphatic carbocycles. The van der Waals surface area contributed by atoms with Crippen LogP contribution in [0, 0.1) is 0 Å². The number of aromatic nitrogens is 1. The summed E-state index contributed by atoms with van der Waals surface area (Å²) in [5.41, 5.74) is 1.24. The van der Waals surface area contributed by atoms with Crippen molar-refractivity contribution < 1.29 is 19.1 Å². The largest absolute Gasteiger partial charge is 0.486 e. The minimum atomic E-state index is -0.193. The van der Waals surface area contributed by atoms with Crippen LogP contribution in [0.5, 0.6) is 11.5 Å². The average molecular weight is 333 g/mol. The van der Waals surface area contributed by atoms with Gasteiger partial charge in [0, 0.05) is 24.1 Å². The number of hydrogen-bond donors (Lipinski definition) is 2. The minimum absolute atomic E-state index is 0.129. The number of rotatable bonds is 4. The third kappa shape index (κ3) is 3.98. The van der Waals surface area contributed by atoms with E-state index in [0.29, 0.717) is 41.2 Å². The summed E-state index contributed by atoms with van der Waals surface area (Å²) in [6.45, 7) is 2.43. The van der Waals surface area contributed by atoms with E-state index >= 15 is 0 Å². The summed E-state index contributed by atoms with van der Waals surface area (Å²) in [6, 6.07) is 5.26. The van der Waals surface area contributed by atoms with Crippen molar-refractivity contribution in [1.82, 2.24) is 4.98 Å². The maximum atomic E-state index is 12.1. The van der Waals surface area contributed by atoms with Gasteiger partial charge in [-0.3, -0.25) is 9.59 Å². The first-order valence-electron chi connectivity index (χ1n) is 7.01. The quantitative estimate of drug-likeness (QED) is 0.894. The zero-order valence-corrected chi connectivity index (χ0v) is 13.2. The molecule has 120 valence electrons. The van der Waals surface area contributed by atoms with Gasteiger partial charge in [-0.15, -0.1) is 11.3 Å². The van der Waals surface area contributed by atoms with Crippen LogP contribution in [0.4, 0.5) is 10.8 Å². The molecule has 0 saturated carbocycles. The van der Waals surface area contributed by atoms with Crippen LogP contribution >= 0.6 is 11.3 Å². The number of thiazole rings is 1. The van der Waals surface area contributed by atoms with Gasteiger partial charge in [-0.05, 0) is 12.1 Å². The van der Waals surface area contributed by atoms with E-state index in [4.69, 9.17) is 9.47 Å². The van der Waals surface area contributed by atoms with Crippen molar-refractivity contribution in [2.45, 2.75) is 13.3 Å². The smallest absolute Gasteiger partial charge is 0.230 e. The molecule has 1 aliphatic heterocycles. The predicted octanol–water partition coefficient (Wildman–Crippen LogP) is 2.05. The van der Waals surface area contributed by atoms with Gasteiger partial charge in [0.25, 0.3) is 0 Å². The second-order valence-electron chi connectivity index (χ2n) is 4.91. The second kappa shape index (κ2) is 6.66. The molecular weight excluding hydrogens is 318 g/mol. The Morgan fingerprint density at radius 2 is 2.00 bits per heavy atom. The average Bonchev–Trinajstić information content (AvgIpc) is 2.93. The molecule has 2 aromatic rings. The number of fused-ring (bicyclic) bond motifs is 1. The molecule has 2 heterocycles. The first-order chi connectivity index (χ1) is 11.1. The van der Waals surface area contributed by atoms with Crippen molar-refractivity contribution in [3.63, 3.8) is 0 Å². The number of carbonyl (C=O) groups excluding carboxylic acids is 2. The molecule has 3 rings (SSSR count). The number of anilines is 2. The van der Waals surface area contributed by atoms with E-state index in [2.05, 4.69) is 15.6 Å². The Morgan fingerprint density at radius 1 is 1.22 bits per heavy atom. The normalized spacial score (nSPS) is 12.6. The molecule has 0 fully saturated rings. The molecule has 0 radical (unpaired) electrons. The molecule has 2 amide bonds. The van der Waals surface area contributed by atoms with Crippen LogP contribution < -0.4 is 20.1 Å². The number of amides is 2. The van der Waals surface area contributed by atoms with Crippen molar-refractivity contribution in [2.24, 2.45) is 0 Å². The highest BCUT2D eigenvalue weighted by atomic mass is 32.1. The molecule has 1 aromatic heterocycles. The Morgan fingerprint density at radius 3 is 2.78 bits per heavy atom. The Labute approximate surface area is 136 Å². The fraction of sp³-hybridized carbons (Fsp3) is 0.267. The standard InChI is InChI=1S/C15H15N3O4S/c1-9(19)16-15-18-11(8-23-15)7-14(20)17-10-2-3-12-13(6-10)22-5-4-21-12/h2-3,6,8H,4-5,7H2,1H3,(H,17,20)(H,16,18,19). The lowest BCUT2D eigenvalue weighted by Crippen LogP contribution is -2.17. The van der Waals surface area contributed by atoms with Gasteiger partial charge in [0.15, 0.2) is 16.6 Å². The summed E-state index contributed by atoms with van der Waals surface area (Å²) in [7, 11) is 0. The Hall–Kier alpha value is -2.61. The summed E-state index contributed by atoms with van der Waals surface area (Å²) in [4.78, 5) is 27.2. The van der Waals surface area contributed by atoms with Crippen LogP contribution in [0.15, 0.2) is 23.6 Å². The Kier molecular flexibility index (Phi) is 4.42. The molecule has 2 N–H and O–H groups in total. The van der Waals surface area contributed by atoms with Crippen molar-refractivity contribution in [3.8, 4) is 11.5 Å². The summed E-state index contributed by atoms with van der Waals surface area (Å²) in [5.74, 6) is 0.914. The van der Waals surface area contributed by atoms with Gasteiger partial charge in [0.2, 0.25) is 11.8 Å². The monoisotopic (exact) mass is 333 g/mol. The zero-order chi connectivity index (χ0) is 16.2. The molecule has 8 heteroatoms. The first kappa shape index (κ1) is 15.3. The van der Waals surface area contributed by atoms with Crippen LogP contribution in [0.3, 0.4) is 0 Å². The fourth-order valence-electron chi connectivity index (χ4n) is 2.09. The minimum Gasteiger partial charge on any atom is -0.486 e. The van der Waals surface area contributed by atoms with Gasteiger partial charge in [-0.2, -0.15) is 0 Å². The Balaban J connectivity index is 1.61. The van der Waals surface area contributed by atoms with Crippen molar-refractivity contribution >= 4 is 34.0 Å². The van der Waals surface area contributed by atoms with Crippen LogP contribution in [0.2, 0.25) is 0 Å². The molecule has 0 saturated heterocycles. The van der Waals surface area contributed by atoms with E-state index < -0.39 is 0 Å². The van der Waals surface area contributed by atoms with E-state index in [0.717, 1.165) is 0 Å². The van der Waals surface area contributed by atoms with Crippen LogP contribution in [0.1, 0.15) is 12.6 Å². The lowest BCUT2D eigenvalue weighted by atomic mass is 10.2. The van der Waals surface area contributed by atoms with E-state index in [-0.39, 0.29) is 18.2 Å². The SMILES string of the molecule is CC(=O)Nc1nc(CC(=O)Nc2ccc3c(c2)OCCO3)cs1. The highest BCUT2D eigenvalue weighted by molar-refractivity contribution is 7.13. The van der Waals surface area contributed by atoms with Gasteiger partial charge >= 0.3 is 0 Å². The summed E-state index contributed by atoms with van der Waals surface area (Å²) in [6.07, 6.45) is 0.129. The first-order valence-corrected chi connectivity index (χ1v) is 7.89. The molecule has 0 unspecified atom stereocenters. The van der Waals surface area contributed by atoms with Gasteiger partial charge in [0.05, 0.1) is 12.1 Å². The van der Waals surface area contributed by atoms with Gasteiger partial charge in [0.1, 0.15) is 13.2 Å². The van der Waals surface area contributed by atoms with Crippen LogP contribution in [0.25, 0.3) is 0 Å². The molecule has 1 aliphatic rings. The van der Waals surface area contributed by atoms with E-state index in [1.807, 2.05) is 0 Å². The van der Waals surface area contributed by atoms with Crippen LogP contribution in [-0.2, 0) is 16.0 Å². The summed E-state index contributed by atoms with van der Waals surface area (Å²) >= 11 is 1.29. The van der Waals surface area contributed by atoms with Crippen molar-refractivity contribution in [3.05, 3.63) is 29.3 Å². The number of ether oxygens (including phenoxy) is 2. The lowest BCUT2D eigenvalue weighted by molar-refractivity contribution is -0.116.